The smallest absolute Gasteiger partial charge is 0.310 e. The average Bonchev–Trinajstić information content (AvgIpc) is 3.00. The van der Waals surface area contributed by atoms with Gasteiger partial charge in [-0.2, -0.15) is 0 Å². The first-order valence-electron chi connectivity index (χ1n) is 6.83. The zero-order valence-corrected chi connectivity index (χ0v) is 10.2. The molecule has 0 aromatic carbocycles. The van der Waals surface area contributed by atoms with Crippen LogP contribution in [0.25, 0.3) is 0 Å². The van der Waals surface area contributed by atoms with Crippen molar-refractivity contribution in [2.24, 2.45) is 23.7 Å². The van der Waals surface area contributed by atoms with Crippen LogP contribution < -0.4 is 0 Å². The van der Waals surface area contributed by atoms with Crippen molar-refractivity contribution < 1.29 is 19.1 Å². The fraction of sp³-hybridized carbons (Fsp3) is 0.846. The zero-order valence-electron chi connectivity index (χ0n) is 10.2. The van der Waals surface area contributed by atoms with E-state index in [0.29, 0.717) is 38.1 Å². The zero-order chi connectivity index (χ0) is 12.3. The summed E-state index contributed by atoms with van der Waals surface area (Å²) in [5.41, 5.74) is 0. The second-order valence-corrected chi connectivity index (χ2v) is 5.86. The lowest BCUT2D eigenvalue weighted by Gasteiger charge is -2.33. The molecule has 2 aliphatic heterocycles. The van der Waals surface area contributed by atoms with Crippen molar-refractivity contribution in [3.8, 4) is 0 Å². The van der Waals surface area contributed by atoms with Gasteiger partial charge in [0.1, 0.15) is 6.10 Å². The van der Waals surface area contributed by atoms with E-state index in [2.05, 4.69) is 0 Å². The van der Waals surface area contributed by atoms with Crippen LogP contribution in [-0.2, 0) is 19.1 Å². The van der Waals surface area contributed by atoms with Gasteiger partial charge in [0, 0.05) is 19.0 Å². The Labute approximate surface area is 105 Å². The molecule has 4 rings (SSSR count). The molecule has 98 valence electrons. The number of fused-ring (bicyclic) bond motifs is 1. The summed E-state index contributed by atoms with van der Waals surface area (Å²) in [5.74, 6) is 0.456. The molecule has 5 atom stereocenters. The molecule has 0 radical (unpaired) electrons. The maximum Gasteiger partial charge on any atom is 0.310 e. The number of hydrogen-bond acceptors (Lipinski definition) is 4. The maximum absolute atomic E-state index is 12.6. The predicted octanol–water partition coefficient (Wildman–Crippen LogP) is 0.0428. The first-order chi connectivity index (χ1) is 8.75. The van der Waals surface area contributed by atoms with Crippen LogP contribution in [0.4, 0.5) is 0 Å². The molecule has 2 saturated heterocycles. The molecule has 18 heavy (non-hydrogen) atoms. The second-order valence-electron chi connectivity index (χ2n) is 5.86. The van der Waals surface area contributed by atoms with E-state index in [4.69, 9.17) is 9.47 Å². The van der Waals surface area contributed by atoms with Gasteiger partial charge in [-0.3, -0.25) is 9.59 Å². The van der Waals surface area contributed by atoms with Gasteiger partial charge in [0.25, 0.3) is 0 Å². The number of nitrogens with zero attached hydrogens (tertiary/aromatic N) is 1. The van der Waals surface area contributed by atoms with E-state index in [-0.39, 0.29) is 29.8 Å². The SMILES string of the molecule is O=C1O[C@@H]2C[C@H]3C[C@@H]2[C@H]1[C@@H]3C(=O)N1CCOCC1. The third-order valence-electron chi connectivity index (χ3n) is 5.09. The van der Waals surface area contributed by atoms with E-state index in [1.807, 2.05) is 4.90 Å². The molecule has 0 aromatic heterocycles. The van der Waals surface area contributed by atoms with Crippen LogP contribution >= 0.6 is 0 Å². The van der Waals surface area contributed by atoms with E-state index in [0.717, 1.165) is 12.8 Å². The Morgan fingerprint density at radius 2 is 2.00 bits per heavy atom. The topological polar surface area (TPSA) is 55.8 Å². The van der Waals surface area contributed by atoms with Crippen molar-refractivity contribution >= 4 is 11.9 Å². The van der Waals surface area contributed by atoms with Gasteiger partial charge in [-0.05, 0) is 18.8 Å². The Bertz CT molecular complexity index is 402. The number of carbonyl (C=O) groups is 2. The molecule has 2 saturated carbocycles. The molecule has 4 fully saturated rings. The highest BCUT2D eigenvalue weighted by Gasteiger charge is 2.64. The summed E-state index contributed by atoms with van der Waals surface area (Å²) in [7, 11) is 0. The van der Waals surface area contributed by atoms with Crippen LogP contribution in [-0.4, -0.2) is 49.2 Å². The van der Waals surface area contributed by atoms with Gasteiger partial charge >= 0.3 is 5.97 Å². The molecule has 0 spiro atoms. The number of rotatable bonds is 1. The van der Waals surface area contributed by atoms with Gasteiger partial charge in [0.2, 0.25) is 5.91 Å². The summed E-state index contributed by atoms with van der Waals surface area (Å²) in [6.07, 6.45) is 2.01. The quantitative estimate of drug-likeness (QED) is 0.618. The number of esters is 1. The van der Waals surface area contributed by atoms with E-state index in [1.54, 1.807) is 0 Å². The lowest BCUT2D eigenvalue weighted by Crippen LogP contribution is -2.47. The highest BCUT2D eigenvalue weighted by molar-refractivity contribution is 5.88. The van der Waals surface area contributed by atoms with E-state index in [9.17, 15) is 9.59 Å². The molecule has 0 aromatic rings. The van der Waals surface area contributed by atoms with Crippen molar-refractivity contribution in [1.82, 2.24) is 4.90 Å². The average molecular weight is 251 g/mol. The summed E-state index contributed by atoms with van der Waals surface area (Å²) in [5, 5.41) is 0. The van der Waals surface area contributed by atoms with Gasteiger partial charge in [0.05, 0.1) is 25.0 Å². The van der Waals surface area contributed by atoms with Crippen LogP contribution in [0.15, 0.2) is 0 Å². The standard InChI is InChI=1S/C13H17NO4/c15-12(14-1-3-17-4-2-14)10-7-5-8-9(6-7)18-13(16)11(8)10/h7-11H,1-6H2/t7-,8+,9-,10-,11+/m1/s1. The predicted molar refractivity (Wildman–Crippen MR) is 60.5 cm³/mol. The number of hydrogen-bond donors (Lipinski definition) is 0. The molecule has 1 amide bonds. The number of carbonyl (C=O) groups excluding carboxylic acids is 2. The molecular formula is C13H17NO4. The lowest BCUT2D eigenvalue weighted by atomic mass is 9.79. The van der Waals surface area contributed by atoms with E-state index >= 15 is 0 Å². The minimum absolute atomic E-state index is 0.112. The summed E-state index contributed by atoms with van der Waals surface area (Å²) in [4.78, 5) is 26.3. The maximum atomic E-state index is 12.6. The van der Waals surface area contributed by atoms with Crippen LogP contribution in [0.5, 0.6) is 0 Å². The molecule has 2 bridgehead atoms. The summed E-state index contributed by atoms with van der Waals surface area (Å²) >= 11 is 0. The van der Waals surface area contributed by atoms with Gasteiger partial charge < -0.3 is 14.4 Å². The van der Waals surface area contributed by atoms with Gasteiger partial charge in [-0.25, -0.2) is 0 Å². The van der Waals surface area contributed by atoms with Crippen molar-refractivity contribution in [1.29, 1.82) is 0 Å². The molecule has 4 aliphatic rings. The van der Waals surface area contributed by atoms with Crippen molar-refractivity contribution in [2.75, 3.05) is 26.3 Å². The van der Waals surface area contributed by atoms with Crippen molar-refractivity contribution in [3.63, 3.8) is 0 Å². The Morgan fingerprint density at radius 3 is 2.78 bits per heavy atom. The largest absolute Gasteiger partial charge is 0.462 e. The minimum Gasteiger partial charge on any atom is -0.462 e. The van der Waals surface area contributed by atoms with Gasteiger partial charge in [0.15, 0.2) is 0 Å². The van der Waals surface area contributed by atoms with Gasteiger partial charge in [-0.1, -0.05) is 0 Å². The van der Waals surface area contributed by atoms with Crippen LogP contribution in [0.3, 0.4) is 0 Å². The van der Waals surface area contributed by atoms with Crippen LogP contribution in [0, 0.1) is 23.7 Å². The fourth-order valence-corrected chi connectivity index (χ4v) is 4.34. The highest BCUT2D eigenvalue weighted by atomic mass is 16.6. The first-order valence-corrected chi connectivity index (χ1v) is 6.83. The van der Waals surface area contributed by atoms with Gasteiger partial charge in [-0.15, -0.1) is 0 Å². The van der Waals surface area contributed by atoms with Crippen LogP contribution in [0.1, 0.15) is 12.8 Å². The lowest BCUT2D eigenvalue weighted by molar-refractivity contribution is -0.149. The van der Waals surface area contributed by atoms with E-state index < -0.39 is 0 Å². The van der Waals surface area contributed by atoms with Crippen molar-refractivity contribution in [2.45, 2.75) is 18.9 Å². The highest BCUT2D eigenvalue weighted by Crippen LogP contribution is 2.58. The fourth-order valence-electron chi connectivity index (χ4n) is 4.34. The molecule has 2 aliphatic carbocycles. The molecule has 0 unspecified atom stereocenters. The summed E-state index contributed by atoms with van der Waals surface area (Å²) in [6.45, 7) is 2.56. The molecule has 2 heterocycles. The third-order valence-corrected chi connectivity index (χ3v) is 5.09. The Morgan fingerprint density at radius 1 is 1.22 bits per heavy atom. The normalized spacial score (nSPS) is 45.4. The monoisotopic (exact) mass is 251 g/mol. The summed E-state index contributed by atoms with van der Waals surface area (Å²) in [6, 6.07) is 0. The Hall–Kier alpha value is -1.10. The summed E-state index contributed by atoms with van der Waals surface area (Å²) < 4.78 is 10.6. The molecular weight excluding hydrogens is 234 g/mol. The third kappa shape index (κ3) is 1.31. The molecule has 5 heteroatoms. The Kier molecular flexibility index (Phi) is 2.22. The second kappa shape index (κ2) is 3.70. The number of morpholine rings is 1. The minimum atomic E-state index is -0.149. The molecule has 0 N–H and O–H groups in total. The molecule has 5 nitrogen and oxygen atoms in total. The number of amides is 1. The number of ether oxygens (including phenoxy) is 2. The first kappa shape index (κ1) is 10.8. The van der Waals surface area contributed by atoms with Crippen LogP contribution in [0.2, 0.25) is 0 Å². The Balaban J connectivity index is 1.57. The van der Waals surface area contributed by atoms with E-state index in [1.165, 1.54) is 0 Å². The van der Waals surface area contributed by atoms with Crippen molar-refractivity contribution in [3.05, 3.63) is 0 Å².